The van der Waals surface area contributed by atoms with Crippen molar-refractivity contribution in [3.63, 3.8) is 0 Å². The molecule has 0 bridgehead atoms. The zero-order chi connectivity index (χ0) is 14.4. The average molecular weight is 280 g/mol. The van der Waals surface area contributed by atoms with Crippen molar-refractivity contribution in [2.45, 2.75) is 44.3 Å². The maximum atomic E-state index is 10.3. The highest BCUT2D eigenvalue weighted by molar-refractivity contribution is 5.39. The van der Waals surface area contributed by atoms with Crippen LogP contribution in [0.3, 0.4) is 0 Å². The lowest BCUT2D eigenvalue weighted by molar-refractivity contribution is 0.0944. The number of aliphatic hydroxyl groups is 1. The summed E-state index contributed by atoms with van der Waals surface area (Å²) in [6, 6.07) is 5.53. The minimum Gasteiger partial charge on any atom is -0.497 e. The molecule has 0 radical (unpaired) electrons. The van der Waals surface area contributed by atoms with E-state index in [1.54, 1.807) is 14.2 Å². The predicted octanol–water partition coefficient (Wildman–Crippen LogP) is 3.09. The van der Waals surface area contributed by atoms with Gasteiger partial charge in [-0.2, -0.15) is 0 Å². The highest BCUT2D eigenvalue weighted by Gasteiger charge is 2.16. The lowest BCUT2D eigenvalue weighted by Crippen LogP contribution is -2.06. The summed E-state index contributed by atoms with van der Waals surface area (Å²) in [6.45, 7) is 0.889. The molecule has 1 aliphatic heterocycles. The normalized spacial score (nSPS) is 19.9. The van der Waals surface area contributed by atoms with Crippen LogP contribution in [0.1, 0.15) is 43.8 Å². The van der Waals surface area contributed by atoms with Crippen LogP contribution in [0.4, 0.5) is 0 Å². The Morgan fingerprint density at radius 3 is 2.50 bits per heavy atom. The maximum absolute atomic E-state index is 10.3. The second-order valence-corrected chi connectivity index (χ2v) is 5.23. The van der Waals surface area contributed by atoms with E-state index in [0.29, 0.717) is 17.6 Å². The van der Waals surface area contributed by atoms with Crippen LogP contribution in [-0.2, 0) is 4.74 Å². The second-order valence-electron chi connectivity index (χ2n) is 5.23. The van der Waals surface area contributed by atoms with Gasteiger partial charge in [-0.25, -0.2) is 0 Å². The number of benzene rings is 1. The third kappa shape index (κ3) is 4.12. The first-order valence-corrected chi connectivity index (χ1v) is 7.25. The van der Waals surface area contributed by atoms with E-state index in [-0.39, 0.29) is 0 Å². The fourth-order valence-corrected chi connectivity index (χ4v) is 2.60. The van der Waals surface area contributed by atoms with Gasteiger partial charge in [0.25, 0.3) is 0 Å². The Bertz CT molecular complexity index is 391. The monoisotopic (exact) mass is 280 g/mol. The third-order valence-electron chi connectivity index (χ3n) is 3.79. The number of rotatable bonds is 7. The fraction of sp³-hybridized carbons (Fsp3) is 0.625. The van der Waals surface area contributed by atoms with Crippen molar-refractivity contribution in [1.29, 1.82) is 0 Å². The molecule has 2 atom stereocenters. The van der Waals surface area contributed by atoms with Crippen LogP contribution in [0.2, 0.25) is 0 Å². The molecular formula is C16H24O4. The Labute approximate surface area is 120 Å². The SMILES string of the molecule is COc1cc(OC)cc(C(O)CCCC2CCCO2)c1. The summed E-state index contributed by atoms with van der Waals surface area (Å²) >= 11 is 0. The molecule has 20 heavy (non-hydrogen) atoms. The molecular weight excluding hydrogens is 256 g/mol. The van der Waals surface area contributed by atoms with Crippen molar-refractivity contribution in [2.24, 2.45) is 0 Å². The van der Waals surface area contributed by atoms with Gasteiger partial charge in [0.15, 0.2) is 0 Å². The molecule has 0 amide bonds. The van der Waals surface area contributed by atoms with E-state index >= 15 is 0 Å². The van der Waals surface area contributed by atoms with E-state index in [1.165, 1.54) is 6.42 Å². The van der Waals surface area contributed by atoms with Crippen LogP contribution >= 0.6 is 0 Å². The summed E-state index contributed by atoms with van der Waals surface area (Å²) in [4.78, 5) is 0. The zero-order valence-corrected chi connectivity index (χ0v) is 12.3. The number of ether oxygens (including phenoxy) is 3. The standard InChI is InChI=1S/C16H24O4/c1-18-14-9-12(10-15(11-14)19-2)16(17)7-3-5-13-6-4-8-20-13/h9-11,13,16-17H,3-8H2,1-2H3. The third-order valence-corrected chi connectivity index (χ3v) is 3.79. The molecule has 112 valence electrons. The van der Waals surface area contributed by atoms with Crippen molar-refractivity contribution in [3.05, 3.63) is 23.8 Å². The van der Waals surface area contributed by atoms with Gasteiger partial charge in [0.05, 0.1) is 26.4 Å². The van der Waals surface area contributed by atoms with Gasteiger partial charge < -0.3 is 19.3 Å². The van der Waals surface area contributed by atoms with Crippen LogP contribution in [0, 0.1) is 0 Å². The summed E-state index contributed by atoms with van der Waals surface area (Å²) in [7, 11) is 3.23. The van der Waals surface area contributed by atoms with Crippen molar-refractivity contribution >= 4 is 0 Å². The van der Waals surface area contributed by atoms with E-state index in [1.807, 2.05) is 18.2 Å². The molecule has 0 spiro atoms. The number of aliphatic hydroxyl groups excluding tert-OH is 1. The molecule has 1 aromatic carbocycles. The maximum Gasteiger partial charge on any atom is 0.122 e. The van der Waals surface area contributed by atoms with Gasteiger partial charge in [-0.1, -0.05) is 0 Å². The molecule has 4 nitrogen and oxygen atoms in total. The lowest BCUT2D eigenvalue weighted by atomic mass is 10.0. The Hall–Kier alpha value is -1.26. The number of hydrogen-bond acceptors (Lipinski definition) is 4. The zero-order valence-electron chi connectivity index (χ0n) is 12.3. The van der Waals surface area contributed by atoms with Gasteiger partial charge in [-0.15, -0.1) is 0 Å². The van der Waals surface area contributed by atoms with E-state index in [4.69, 9.17) is 14.2 Å². The minimum atomic E-state index is -0.486. The molecule has 2 rings (SSSR count). The Morgan fingerprint density at radius 1 is 1.25 bits per heavy atom. The lowest BCUT2D eigenvalue weighted by Gasteiger charge is -2.15. The van der Waals surface area contributed by atoms with Crippen molar-refractivity contribution < 1.29 is 19.3 Å². The molecule has 1 aliphatic rings. The minimum absolute atomic E-state index is 0.391. The van der Waals surface area contributed by atoms with Crippen molar-refractivity contribution in [3.8, 4) is 11.5 Å². The molecule has 0 aromatic heterocycles. The second kappa shape index (κ2) is 7.50. The van der Waals surface area contributed by atoms with Crippen LogP contribution in [0.5, 0.6) is 11.5 Å². The Kier molecular flexibility index (Phi) is 5.68. The topological polar surface area (TPSA) is 47.9 Å². The summed E-state index contributed by atoms with van der Waals surface area (Å²) in [6.07, 6.45) is 4.95. The molecule has 0 aliphatic carbocycles. The van der Waals surface area contributed by atoms with Gasteiger partial charge in [0, 0.05) is 12.7 Å². The molecule has 0 saturated carbocycles. The fourth-order valence-electron chi connectivity index (χ4n) is 2.60. The largest absolute Gasteiger partial charge is 0.497 e. The van der Waals surface area contributed by atoms with Gasteiger partial charge in [-0.3, -0.25) is 0 Å². The summed E-state index contributed by atoms with van der Waals surface area (Å²) in [5, 5.41) is 10.3. The van der Waals surface area contributed by atoms with E-state index in [0.717, 1.165) is 37.9 Å². The molecule has 1 aromatic rings. The van der Waals surface area contributed by atoms with Crippen LogP contribution in [0.15, 0.2) is 18.2 Å². The quantitative estimate of drug-likeness (QED) is 0.834. The van der Waals surface area contributed by atoms with Gasteiger partial charge in [-0.05, 0) is 49.8 Å². The van der Waals surface area contributed by atoms with E-state index in [2.05, 4.69) is 0 Å². The van der Waals surface area contributed by atoms with Gasteiger partial charge in [0.2, 0.25) is 0 Å². The summed E-state index contributed by atoms with van der Waals surface area (Å²) < 4.78 is 16.0. The van der Waals surface area contributed by atoms with Gasteiger partial charge in [0.1, 0.15) is 11.5 Å². The van der Waals surface area contributed by atoms with Gasteiger partial charge >= 0.3 is 0 Å². The highest BCUT2D eigenvalue weighted by atomic mass is 16.5. The average Bonchev–Trinajstić information content (AvgIpc) is 2.99. The first-order chi connectivity index (χ1) is 9.72. The van der Waals surface area contributed by atoms with E-state index in [9.17, 15) is 5.11 Å². The molecule has 2 unspecified atom stereocenters. The van der Waals surface area contributed by atoms with Crippen molar-refractivity contribution in [2.75, 3.05) is 20.8 Å². The molecule has 1 fully saturated rings. The van der Waals surface area contributed by atoms with E-state index < -0.39 is 6.10 Å². The first-order valence-electron chi connectivity index (χ1n) is 7.25. The summed E-state index contributed by atoms with van der Waals surface area (Å²) in [5.74, 6) is 1.41. The highest BCUT2D eigenvalue weighted by Crippen LogP contribution is 2.29. The van der Waals surface area contributed by atoms with Crippen LogP contribution in [-0.4, -0.2) is 32.0 Å². The van der Waals surface area contributed by atoms with Crippen LogP contribution in [0.25, 0.3) is 0 Å². The molecule has 4 heteroatoms. The molecule has 1 saturated heterocycles. The molecule has 1 heterocycles. The summed E-state index contributed by atoms with van der Waals surface area (Å²) in [5.41, 5.74) is 0.841. The first kappa shape index (κ1) is 15.1. The Balaban J connectivity index is 1.88. The predicted molar refractivity (Wildman–Crippen MR) is 77.3 cm³/mol. The smallest absolute Gasteiger partial charge is 0.122 e. The van der Waals surface area contributed by atoms with Crippen molar-refractivity contribution in [1.82, 2.24) is 0 Å². The van der Waals surface area contributed by atoms with Crippen LogP contribution < -0.4 is 9.47 Å². The molecule has 1 N–H and O–H groups in total. The number of methoxy groups -OCH3 is 2. The number of hydrogen-bond donors (Lipinski definition) is 1. The Morgan fingerprint density at radius 2 is 1.95 bits per heavy atom.